The lowest BCUT2D eigenvalue weighted by atomic mass is 10.1. The van der Waals surface area contributed by atoms with Crippen molar-refractivity contribution in [2.45, 2.75) is 161 Å². The number of aliphatic hydroxyl groups is 1. The van der Waals surface area contributed by atoms with Crippen molar-refractivity contribution in [2.75, 3.05) is 13.2 Å². The van der Waals surface area contributed by atoms with Crippen LogP contribution >= 0.6 is 7.82 Å². The summed E-state index contributed by atoms with van der Waals surface area (Å²) in [6, 6.07) is 0. The Morgan fingerprint density at radius 1 is 0.545 bits per heavy atom. The molecular formula is C45H73O9P. The number of aliphatic hydroxyl groups excluding tert-OH is 1. The molecule has 10 heteroatoms. The summed E-state index contributed by atoms with van der Waals surface area (Å²) >= 11 is 0. The minimum absolute atomic E-state index is 0.110. The second kappa shape index (κ2) is 39.2. The zero-order chi connectivity index (χ0) is 40.5. The summed E-state index contributed by atoms with van der Waals surface area (Å²) in [7, 11) is -4.79. The highest BCUT2D eigenvalue weighted by atomic mass is 31.2. The lowest BCUT2D eigenvalue weighted by molar-refractivity contribution is -0.161. The van der Waals surface area contributed by atoms with E-state index in [9.17, 15) is 19.3 Å². The van der Waals surface area contributed by atoms with Crippen LogP contribution in [0.5, 0.6) is 0 Å². The highest BCUT2D eigenvalue weighted by Gasteiger charge is 2.22. The molecule has 0 fully saturated rings. The number of esters is 2. The summed E-state index contributed by atoms with van der Waals surface area (Å²) in [5, 5.41) is 9.54. The fourth-order valence-electron chi connectivity index (χ4n) is 4.97. The van der Waals surface area contributed by atoms with Crippen LogP contribution in [0.15, 0.2) is 97.2 Å². The molecule has 0 saturated heterocycles. The van der Waals surface area contributed by atoms with Crippen molar-refractivity contribution in [3.05, 3.63) is 97.2 Å². The van der Waals surface area contributed by atoms with Gasteiger partial charge in [-0.1, -0.05) is 130 Å². The van der Waals surface area contributed by atoms with Crippen molar-refractivity contribution in [3.8, 4) is 0 Å². The maximum Gasteiger partial charge on any atom is 0.469 e. The average Bonchev–Trinajstić information content (AvgIpc) is 3.16. The molecule has 312 valence electrons. The zero-order valence-electron chi connectivity index (χ0n) is 33.9. The van der Waals surface area contributed by atoms with Crippen LogP contribution in [0.1, 0.15) is 149 Å². The number of rotatable bonds is 36. The summed E-state index contributed by atoms with van der Waals surface area (Å²) in [5.74, 6) is -1.02. The molecule has 2 atom stereocenters. The molecule has 3 N–H and O–H groups in total. The van der Waals surface area contributed by atoms with E-state index in [-0.39, 0.29) is 25.6 Å². The molecule has 9 nitrogen and oxygen atoms in total. The molecule has 0 radical (unpaired) electrons. The van der Waals surface area contributed by atoms with Gasteiger partial charge in [0.15, 0.2) is 6.10 Å². The Morgan fingerprint density at radius 2 is 0.982 bits per heavy atom. The predicted molar refractivity (Wildman–Crippen MR) is 226 cm³/mol. The van der Waals surface area contributed by atoms with Crippen LogP contribution in [-0.2, 0) is 28.2 Å². The van der Waals surface area contributed by atoms with E-state index in [1.807, 2.05) is 19.1 Å². The average molecular weight is 789 g/mol. The number of carbonyl (C=O) groups is 2. The first kappa shape index (κ1) is 51.9. The van der Waals surface area contributed by atoms with Gasteiger partial charge in [0.05, 0.1) is 12.7 Å². The van der Waals surface area contributed by atoms with Gasteiger partial charge >= 0.3 is 19.8 Å². The Bertz CT molecular complexity index is 1220. The van der Waals surface area contributed by atoms with Gasteiger partial charge in [-0.15, -0.1) is 0 Å². The molecule has 0 rings (SSSR count). The fourth-order valence-corrected chi connectivity index (χ4v) is 5.33. The highest BCUT2D eigenvalue weighted by molar-refractivity contribution is 7.46. The molecule has 0 aliphatic rings. The van der Waals surface area contributed by atoms with E-state index in [4.69, 9.17) is 19.3 Å². The summed E-state index contributed by atoms with van der Waals surface area (Å²) in [5.41, 5.74) is 0. The number of phosphoric ester groups is 1. The number of unbranched alkanes of at least 4 members (excludes halogenated alkanes) is 7. The van der Waals surface area contributed by atoms with E-state index in [1.165, 1.54) is 25.7 Å². The van der Waals surface area contributed by atoms with Gasteiger partial charge in [-0.2, -0.15) is 0 Å². The minimum Gasteiger partial charge on any atom is -0.462 e. The topological polar surface area (TPSA) is 140 Å². The second-order valence-corrected chi connectivity index (χ2v) is 14.6. The fraction of sp³-hybridized carbons (Fsp3) is 0.600. The number of allylic oxidation sites excluding steroid dienone is 16. The van der Waals surface area contributed by atoms with Crippen molar-refractivity contribution >= 4 is 19.8 Å². The van der Waals surface area contributed by atoms with Crippen molar-refractivity contribution < 1.29 is 43.0 Å². The number of hydrogen-bond donors (Lipinski definition) is 3. The summed E-state index contributed by atoms with van der Waals surface area (Å²) in [4.78, 5) is 42.8. The molecule has 0 aliphatic heterocycles. The molecule has 0 bridgehead atoms. The van der Waals surface area contributed by atoms with Crippen LogP contribution in [0.2, 0.25) is 0 Å². The van der Waals surface area contributed by atoms with Crippen LogP contribution in [0.4, 0.5) is 0 Å². The van der Waals surface area contributed by atoms with Gasteiger partial charge in [0.1, 0.15) is 6.61 Å². The third-order valence-electron chi connectivity index (χ3n) is 8.24. The van der Waals surface area contributed by atoms with E-state index in [0.717, 1.165) is 77.0 Å². The van der Waals surface area contributed by atoms with E-state index in [2.05, 4.69) is 96.5 Å². The molecular weight excluding hydrogens is 715 g/mol. The smallest absolute Gasteiger partial charge is 0.462 e. The Balaban J connectivity index is 4.13. The standard InChI is InChI=1S/C45H73O9P/c1-3-5-6-7-8-9-10-11-12-13-14-15-16-20-23-26-29-32-35-38-44(47)52-40-43(41-53-55(49,50)51)54-45(48)39-36-33-30-27-24-21-18-17-19-22-25-28-31-34-37-42(46)4-2/h8-9,11-12,14-15,18-23,27-28,30-31,42-43,46H,3-7,10,13,16-17,24-26,29,32-41H2,1-2H3,(H2,49,50,51)/b9-8-,12-11-,15-14-,21-18-,22-19-,23-20-,30-27-,31-28-/t42-,43-/m1/s1. The number of phosphoric acid groups is 1. The highest BCUT2D eigenvalue weighted by Crippen LogP contribution is 2.36. The van der Waals surface area contributed by atoms with Crippen LogP contribution in [0.25, 0.3) is 0 Å². The van der Waals surface area contributed by atoms with Crippen LogP contribution < -0.4 is 0 Å². The van der Waals surface area contributed by atoms with Gasteiger partial charge in [-0.25, -0.2) is 4.57 Å². The lowest BCUT2D eigenvalue weighted by Gasteiger charge is -2.18. The van der Waals surface area contributed by atoms with Crippen molar-refractivity contribution in [3.63, 3.8) is 0 Å². The third-order valence-corrected chi connectivity index (χ3v) is 8.72. The summed E-state index contributed by atoms with van der Waals surface area (Å²) in [6.07, 6.45) is 50.7. The largest absolute Gasteiger partial charge is 0.469 e. The first-order chi connectivity index (χ1) is 26.7. The first-order valence-corrected chi connectivity index (χ1v) is 22.1. The van der Waals surface area contributed by atoms with Gasteiger partial charge in [0.2, 0.25) is 0 Å². The number of hydrogen-bond acceptors (Lipinski definition) is 7. The number of ether oxygens (including phenoxy) is 2. The molecule has 0 saturated carbocycles. The van der Waals surface area contributed by atoms with Gasteiger partial charge in [-0.05, 0) is 103 Å². The van der Waals surface area contributed by atoms with Crippen molar-refractivity contribution in [2.24, 2.45) is 0 Å². The van der Waals surface area contributed by atoms with Gasteiger partial charge < -0.3 is 24.4 Å². The van der Waals surface area contributed by atoms with Crippen molar-refractivity contribution in [1.29, 1.82) is 0 Å². The second-order valence-electron chi connectivity index (χ2n) is 13.4. The molecule has 0 aromatic carbocycles. The molecule has 0 unspecified atom stereocenters. The Morgan fingerprint density at radius 3 is 1.45 bits per heavy atom. The minimum atomic E-state index is -4.79. The van der Waals surface area contributed by atoms with Gasteiger partial charge in [0, 0.05) is 12.8 Å². The molecule has 0 aromatic heterocycles. The molecule has 0 aromatic rings. The van der Waals surface area contributed by atoms with E-state index < -0.39 is 32.5 Å². The maximum absolute atomic E-state index is 12.4. The van der Waals surface area contributed by atoms with Gasteiger partial charge in [0.25, 0.3) is 0 Å². The Hall–Kier alpha value is -3.07. The van der Waals surface area contributed by atoms with Crippen LogP contribution in [-0.4, -0.2) is 52.3 Å². The van der Waals surface area contributed by atoms with Crippen molar-refractivity contribution in [1.82, 2.24) is 0 Å². The Labute approximate surface area is 333 Å². The quantitative estimate of drug-likeness (QED) is 0.0245. The monoisotopic (exact) mass is 788 g/mol. The first-order valence-electron chi connectivity index (χ1n) is 20.6. The maximum atomic E-state index is 12.4. The normalized spacial score (nSPS) is 14.1. The lowest BCUT2D eigenvalue weighted by Crippen LogP contribution is -2.29. The molecule has 55 heavy (non-hydrogen) atoms. The zero-order valence-corrected chi connectivity index (χ0v) is 34.8. The Kier molecular flexibility index (Phi) is 37.0. The molecule has 0 aliphatic carbocycles. The number of carbonyl (C=O) groups excluding carboxylic acids is 2. The molecule has 0 heterocycles. The summed E-state index contributed by atoms with van der Waals surface area (Å²) < 4.78 is 26.3. The van der Waals surface area contributed by atoms with E-state index in [1.54, 1.807) is 0 Å². The molecule has 0 amide bonds. The van der Waals surface area contributed by atoms with Crippen LogP contribution in [0, 0.1) is 0 Å². The van der Waals surface area contributed by atoms with E-state index >= 15 is 0 Å². The van der Waals surface area contributed by atoms with E-state index in [0.29, 0.717) is 19.3 Å². The SMILES string of the molecule is CCCCC/C=C\C/C=C\C/C=C\C/C=C\CCCCCC(=O)OC[C@H](COP(=O)(O)O)OC(=O)CCC/C=C\C/C=C\C/C=C\C/C=C\CC[C@H](O)CC. The summed E-state index contributed by atoms with van der Waals surface area (Å²) in [6.45, 7) is 3.29. The van der Waals surface area contributed by atoms with Crippen LogP contribution in [0.3, 0.4) is 0 Å². The third kappa shape index (κ3) is 41.9. The van der Waals surface area contributed by atoms with Gasteiger partial charge in [-0.3, -0.25) is 14.1 Å². The predicted octanol–water partition coefficient (Wildman–Crippen LogP) is 11.6. The molecule has 0 spiro atoms.